The molecule has 0 radical (unpaired) electrons. The van der Waals surface area contributed by atoms with Crippen molar-refractivity contribution < 1.29 is 9.53 Å². The number of nitrogens with zero attached hydrogens (tertiary/aromatic N) is 1. The second-order valence-corrected chi connectivity index (χ2v) is 6.58. The minimum absolute atomic E-state index is 0.0584. The molecular weight excluding hydrogens is 364 g/mol. The van der Waals surface area contributed by atoms with E-state index in [1.54, 1.807) is 36.5 Å². The van der Waals surface area contributed by atoms with E-state index in [-0.39, 0.29) is 11.1 Å². The number of aromatic nitrogens is 1. The van der Waals surface area contributed by atoms with E-state index in [9.17, 15) is 9.59 Å². The number of hydrogen-bond donors (Lipinski definition) is 1. The predicted molar refractivity (Wildman–Crippen MR) is 107 cm³/mol. The molecule has 1 N–H and O–H groups in total. The van der Waals surface area contributed by atoms with Gasteiger partial charge >= 0.3 is 0 Å². The van der Waals surface area contributed by atoms with Crippen molar-refractivity contribution >= 4 is 23.2 Å². The van der Waals surface area contributed by atoms with E-state index in [1.807, 2.05) is 25.1 Å². The smallest absolute Gasteiger partial charge is 0.263 e. The molecule has 138 valence electrons. The molecule has 1 aromatic heterocycles. The van der Waals surface area contributed by atoms with Crippen LogP contribution in [0.4, 0.5) is 5.69 Å². The Morgan fingerprint density at radius 2 is 1.96 bits per heavy atom. The van der Waals surface area contributed by atoms with Gasteiger partial charge in [-0.2, -0.15) is 0 Å². The fourth-order valence-corrected chi connectivity index (χ4v) is 2.99. The Hall–Kier alpha value is -3.05. The number of pyridine rings is 1. The third-order valence-corrected chi connectivity index (χ3v) is 4.35. The Morgan fingerprint density at radius 3 is 2.70 bits per heavy atom. The standard InChI is InChI=1S/C21H19ClN2O3/c1-14-8-9-19(27-2)18(11-14)23-20(25)17-7-4-10-24(21(17)26)13-15-5-3-6-16(22)12-15/h3-12H,13H2,1-2H3,(H,23,25). The van der Waals surface area contributed by atoms with Crippen molar-refractivity contribution in [2.75, 3.05) is 12.4 Å². The number of aryl methyl sites for hydroxylation is 1. The van der Waals surface area contributed by atoms with Crippen LogP contribution in [0.5, 0.6) is 5.75 Å². The molecule has 1 amide bonds. The van der Waals surface area contributed by atoms with Gasteiger partial charge in [-0.05, 0) is 54.4 Å². The van der Waals surface area contributed by atoms with Gasteiger partial charge in [0, 0.05) is 11.2 Å². The van der Waals surface area contributed by atoms with E-state index in [0.717, 1.165) is 11.1 Å². The van der Waals surface area contributed by atoms with E-state index in [0.29, 0.717) is 23.0 Å². The van der Waals surface area contributed by atoms with Gasteiger partial charge in [0.05, 0.1) is 19.3 Å². The van der Waals surface area contributed by atoms with Crippen LogP contribution in [0, 0.1) is 6.92 Å². The van der Waals surface area contributed by atoms with E-state index in [1.165, 1.54) is 17.7 Å². The first-order chi connectivity index (χ1) is 13.0. The Balaban J connectivity index is 1.88. The normalized spacial score (nSPS) is 10.5. The van der Waals surface area contributed by atoms with Crippen molar-refractivity contribution in [1.82, 2.24) is 4.57 Å². The molecule has 0 aliphatic heterocycles. The zero-order chi connectivity index (χ0) is 19.4. The third-order valence-electron chi connectivity index (χ3n) is 4.11. The molecular formula is C21H19ClN2O3. The maximum atomic E-state index is 12.7. The summed E-state index contributed by atoms with van der Waals surface area (Å²) in [7, 11) is 1.53. The highest BCUT2D eigenvalue weighted by Gasteiger charge is 2.15. The van der Waals surface area contributed by atoms with Gasteiger partial charge in [-0.15, -0.1) is 0 Å². The molecule has 3 aromatic rings. The highest BCUT2D eigenvalue weighted by atomic mass is 35.5. The largest absolute Gasteiger partial charge is 0.495 e. The SMILES string of the molecule is COc1ccc(C)cc1NC(=O)c1cccn(Cc2cccc(Cl)c2)c1=O. The number of amides is 1. The fourth-order valence-electron chi connectivity index (χ4n) is 2.78. The molecule has 2 aromatic carbocycles. The molecule has 0 atom stereocenters. The Labute approximate surface area is 162 Å². The number of anilines is 1. The molecule has 0 saturated heterocycles. The molecule has 0 spiro atoms. The monoisotopic (exact) mass is 382 g/mol. The van der Waals surface area contributed by atoms with Gasteiger partial charge in [0.1, 0.15) is 11.3 Å². The number of rotatable bonds is 5. The van der Waals surface area contributed by atoms with Crippen molar-refractivity contribution in [3.8, 4) is 5.75 Å². The lowest BCUT2D eigenvalue weighted by molar-refractivity contribution is 0.102. The van der Waals surface area contributed by atoms with Crippen LogP contribution in [-0.4, -0.2) is 17.6 Å². The molecule has 1 heterocycles. The molecule has 0 unspecified atom stereocenters. The van der Waals surface area contributed by atoms with Gasteiger partial charge in [-0.3, -0.25) is 9.59 Å². The van der Waals surface area contributed by atoms with Crippen LogP contribution in [0.3, 0.4) is 0 Å². The number of carbonyl (C=O) groups is 1. The van der Waals surface area contributed by atoms with Gasteiger partial charge in [0.15, 0.2) is 0 Å². The zero-order valence-electron chi connectivity index (χ0n) is 15.0. The number of carbonyl (C=O) groups excluding carboxylic acids is 1. The molecule has 6 heteroatoms. The number of benzene rings is 2. The minimum Gasteiger partial charge on any atom is -0.495 e. The topological polar surface area (TPSA) is 60.3 Å². The van der Waals surface area contributed by atoms with Crippen molar-refractivity contribution in [3.05, 3.63) is 92.9 Å². The summed E-state index contributed by atoms with van der Waals surface area (Å²) in [4.78, 5) is 25.4. The van der Waals surface area contributed by atoms with Gasteiger partial charge in [-0.1, -0.05) is 29.8 Å². The van der Waals surface area contributed by atoms with Crippen LogP contribution in [0.1, 0.15) is 21.5 Å². The molecule has 27 heavy (non-hydrogen) atoms. The molecule has 3 rings (SSSR count). The number of ether oxygens (including phenoxy) is 1. The van der Waals surface area contributed by atoms with Crippen molar-refractivity contribution in [2.45, 2.75) is 13.5 Å². The summed E-state index contributed by atoms with van der Waals surface area (Å²) >= 11 is 6.00. The molecule has 5 nitrogen and oxygen atoms in total. The van der Waals surface area contributed by atoms with Crippen LogP contribution in [0.25, 0.3) is 0 Å². The summed E-state index contributed by atoms with van der Waals surface area (Å²) in [6, 6.07) is 15.9. The fraction of sp³-hybridized carbons (Fsp3) is 0.143. The highest BCUT2D eigenvalue weighted by Crippen LogP contribution is 2.25. The van der Waals surface area contributed by atoms with Crippen LogP contribution < -0.4 is 15.6 Å². The van der Waals surface area contributed by atoms with E-state index in [4.69, 9.17) is 16.3 Å². The van der Waals surface area contributed by atoms with Gasteiger partial charge in [-0.25, -0.2) is 0 Å². The first-order valence-electron chi connectivity index (χ1n) is 8.38. The van der Waals surface area contributed by atoms with Crippen LogP contribution >= 0.6 is 11.6 Å². The minimum atomic E-state index is -0.482. The summed E-state index contributed by atoms with van der Waals surface area (Å²) in [6.45, 7) is 2.24. The summed E-state index contributed by atoms with van der Waals surface area (Å²) in [5.74, 6) is 0.0495. The first kappa shape index (κ1) is 18.7. The van der Waals surface area contributed by atoms with Crippen LogP contribution in [-0.2, 0) is 6.54 Å². The predicted octanol–water partition coefficient (Wildman–Crippen LogP) is 4.12. The maximum absolute atomic E-state index is 12.7. The first-order valence-corrected chi connectivity index (χ1v) is 8.75. The van der Waals surface area contributed by atoms with Gasteiger partial charge in [0.2, 0.25) is 0 Å². The highest BCUT2D eigenvalue weighted by molar-refractivity contribution is 6.30. The van der Waals surface area contributed by atoms with Crippen molar-refractivity contribution in [3.63, 3.8) is 0 Å². The summed E-state index contributed by atoms with van der Waals surface area (Å²) in [6.07, 6.45) is 1.65. The molecule has 0 saturated carbocycles. The van der Waals surface area contributed by atoms with E-state index in [2.05, 4.69) is 5.32 Å². The number of hydrogen-bond acceptors (Lipinski definition) is 3. The van der Waals surface area contributed by atoms with Crippen LogP contribution in [0.2, 0.25) is 5.02 Å². The second kappa shape index (κ2) is 8.10. The number of nitrogens with one attached hydrogen (secondary N) is 1. The Kier molecular flexibility index (Phi) is 5.62. The van der Waals surface area contributed by atoms with Crippen molar-refractivity contribution in [1.29, 1.82) is 0 Å². The molecule has 0 bridgehead atoms. The summed E-state index contributed by atoms with van der Waals surface area (Å²) in [5, 5.41) is 3.36. The summed E-state index contributed by atoms with van der Waals surface area (Å²) in [5.41, 5.74) is 2.05. The number of methoxy groups -OCH3 is 1. The molecule has 0 aliphatic rings. The summed E-state index contributed by atoms with van der Waals surface area (Å²) < 4.78 is 6.75. The lowest BCUT2D eigenvalue weighted by Gasteiger charge is -2.12. The maximum Gasteiger partial charge on any atom is 0.263 e. The lowest BCUT2D eigenvalue weighted by atomic mass is 10.2. The Morgan fingerprint density at radius 1 is 1.15 bits per heavy atom. The van der Waals surface area contributed by atoms with E-state index < -0.39 is 5.91 Å². The second-order valence-electron chi connectivity index (χ2n) is 6.14. The van der Waals surface area contributed by atoms with Gasteiger partial charge in [0.25, 0.3) is 11.5 Å². The van der Waals surface area contributed by atoms with Gasteiger partial charge < -0.3 is 14.6 Å². The van der Waals surface area contributed by atoms with Crippen LogP contribution in [0.15, 0.2) is 65.6 Å². The average Bonchev–Trinajstić information content (AvgIpc) is 2.63. The zero-order valence-corrected chi connectivity index (χ0v) is 15.8. The van der Waals surface area contributed by atoms with E-state index >= 15 is 0 Å². The quantitative estimate of drug-likeness (QED) is 0.722. The lowest BCUT2D eigenvalue weighted by Crippen LogP contribution is -2.29. The van der Waals surface area contributed by atoms with Crippen molar-refractivity contribution in [2.24, 2.45) is 0 Å². The molecule has 0 fully saturated rings. The Bertz CT molecular complexity index is 1040. The average molecular weight is 383 g/mol. The third kappa shape index (κ3) is 4.38. The number of halogens is 1. The molecule has 0 aliphatic carbocycles.